The molecule has 1 N–H and O–H groups in total. The van der Waals surface area contributed by atoms with Gasteiger partial charge in [-0.15, -0.1) is 0 Å². The van der Waals surface area contributed by atoms with E-state index in [1.165, 1.54) is 6.21 Å². The van der Waals surface area contributed by atoms with E-state index in [1.54, 1.807) is 7.11 Å². The van der Waals surface area contributed by atoms with E-state index in [9.17, 15) is 0 Å². The van der Waals surface area contributed by atoms with Gasteiger partial charge in [0.05, 0.1) is 13.3 Å². The van der Waals surface area contributed by atoms with Gasteiger partial charge in [-0.3, -0.25) is 0 Å². The first-order valence-electron chi connectivity index (χ1n) is 6.92. The number of ether oxygens (including phenoxy) is 1. The van der Waals surface area contributed by atoms with Gasteiger partial charge in [0.15, 0.2) is 0 Å². The van der Waals surface area contributed by atoms with Gasteiger partial charge in [0.1, 0.15) is 5.75 Å². The zero-order valence-corrected chi connectivity index (χ0v) is 12.7. The average Bonchev–Trinajstić information content (AvgIpc) is 2.57. The molecule has 0 aromatic heterocycles. The first kappa shape index (κ1) is 16.5. The van der Waals surface area contributed by atoms with Crippen LogP contribution in [-0.2, 0) is 0 Å². The number of hydrogen-bond acceptors (Lipinski definition) is 3. The third-order valence-corrected chi connectivity index (χ3v) is 2.76. The summed E-state index contributed by atoms with van der Waals surface area (Å²) in [6, 6.07) is 15.5. The van der Waals surface area contributed by atoms with Crippen molar-refractivity contribution >= 4 is 18.4 Å². The van der Waals surface area contributed by atoms with Gasteiger partial charge in [-0.2, -0.15) is 0 Å². The number of nitrogens with zero attached hydrogens (tertiary/aromatic N) is 1. The van der Waals surface area contributed by atoms with Gasteiger partial charge in [0.25, 0.3) is 0 Å². The Balaban J connectivity index is 0.00000106. The van der Waals surface area contributed by atoms with E-state index in [-0.39, 0.29) is 0 Å². The molecule has 0 heterocycles. The van der Waals surface area contributed by atoms with Gasteiger partial charge in [-0.05, 0) is 23.3 Å². The van der Waals surface area contributed by atoms with Crippen molar-refractivity contribution in [2.45, 2.75) is 13.8 Å². The third-order valence-electron chi connectivity index (χ3n) is 2.76. The normalized spacial score (nSPS) is 10.4. The number of rotatable bonds is 4. The van der Waals surface area contributed by atoms with Crippen LogP contribution in [0.15, 0.2) is 53.7 Å². The second-order valence-corrected chi connectivity index (χ2v) is 3.98. The standard InChI is InChI=1S/C16H15NO2.C2H6/c1-19-16-10-7-13(8-11-16)6-9-14-4-2-3-5-15(14)12-17-18;1-2/h2-12,18H,1H3;1-2H3/b9-6+,17-12+;. The molecule has 2 aromatic carbocycles. The Labute approximate surface area is 126 Å². The molecule has 0 amide bonds. The zero-order chi connectivity index (χ0) is 15.5. The molecule has 0 fully saturated rings. The van der Waals surface area contributed by atoms with E-state index in [4.69, 9.17) is 9.94 Å². The molecule has 0 atom stereocenters. The largest absolute Gasteiger partial charge is 0.497 e. The van der Waals surface area contributed by atoms with Crippen LogP contribution in [0.5, 0.6) is 5.75 Å². The summed E-state index contributed by atoms with van der Waals surface area (Å²) in [5.41, 5.74) is 2.95. The van der Waals surface area contributed by atoms with Crippen LogP contribution in [0, 0.1) is 0 Å². The summed E-state index contributed by atoms with van der Waals surface area (Å²) >= 11 is 0. The highest BCUT2D eigenvalue weighted by Gasteiger charge is 1.95. The van der Waals surface area contributed by atoms with Gasteiger partial charge >= 0.3 is 0 Å². The molecular weight excluding hydrogens is 262 g/mol. The molecule has 2 aromatic rings. The third kappa shape index (κ3) is 5.15. The summed E-state index contributed by atoms with van der Waals surface area (Å²) in [7, 11) is 1.65. The topological polar surface area (TPSA) is 41.8 Å². The van der Waals surface area contributed by atoms with Crippen LogP contribution < -0.4 is 4.74 Å². The van der Waals surface area contributed by atoms with Crippen LogP contribution in [0.3, 0.4) is 0 Å². The quantitative estimate of drug-likeness (QED) is 0.382. The fourth-order valence-corrected chi connectivity index (χ4v) is 1.74. The molecule has 2 rings (SSSR count). The highest BCUT2D eigenvalue weighted by Crippen LogP contribution is 2.15. The Morgan fingerprint density at radius 2 is 1.52 bits per heavy atom. The van der Waals surface area contributed by atoms with E-state index < -0.39 is 0 Å². The number of hydrogen-bond donors (Lipinski definition) is 1. The Morgan fingerprint density at radius 3 is 2.10 bits per heavy atom. The van der Waals surface area contributed by atoms with E-state index >= 15 is 0 Å². The molecule has 3 heteroatoms. The predicted octanol–water partition coefficient (Wildman–Crippen LogP) is 4.70. The lowest BCUT2D eigenvalue weighted by molar-refractivity contribution is 0.322. The van der Waals surface area contributed by atoms with Crippen LogP contribution in [0.25, 0.3) is 12.2 Å². The molecule has 0 spiro atoms. The molecule has 0 aliphatic rings. The van der Waals surface area contributed by atoms with Crippen LogP contribution in [0.4, 0.5) is 0 Å². The number of benzene rings is 2. The van der Waals surface area contributed by atoms with Crippen molar-refractivity contribution in [2.75, 3.05) is 7.11 Å². The number of methoxy groups -OCH3 is 1. The van der Waals surface area contributed by atoms with Gasteiger partial charge in [0.2, 0.25) is 0 Å². The van der Waals surface area contributed by atoms with Crippen molar-refractivity contribution in [2.24, 2.45) is 5.16 Å². The fraction of sp³-hybridized carbons (Fsp3) is 0.167. The zero-order valence-electron chi connectivity index (χ0n) is 12.7. The molecule has 0 bridgehead atoms. The minimum Gasteiger partial charge on any atom is -0.497 e. The van der Waals surface area contributed by atoms with Gasteiger partial charge in [-0.25, -0.2) is 0 Å². The minimum absolute atomic E-state index is 0.838. The molecule has 3 nitrogen and oxygen atoms in total. The highest BCUT2D eigenvalue weighted by atomic mass is 16.5. The Hall–Kier alpha value is -2.55. The predicted molar refractivity (Wildman–Crippen MR) is 89.1 cm³/mol. The summed E-state index contributed by atoms with van der Waals surface area (Å²) in [6.45, 7) is 4.00. The summed E-state index contributed by atoms with van der Waals surface area (Å²) in [5.74, 6) is 0.838. The van der Waals surface area contributed by atoms with Crippen molar-refractivity contribution in [1.82, 2.24) is 0 Å². The summed E-state index contributed by atoms with van der Waals surface area (Å²) in [6.07, 6.45) is 5.41. The molecule has 0 unspecified atom stereocenters. The SMILES string of the molecule is CC.COc1ccc(/C=C/c2ccccc2/C=N/O)cc1. The minimum atomic E-state index is 0.838. The lowest BCUT2D eigenvalue weighted by atomic mass is 10.1. The Kier molecular flexibility index (Phi) is 7.36. The summed E-state index contributed by atoms with van der Waals surface area (Å²) in [4.78, 5) is 0. The maximum absolute atomic E-state index is 8.62. The Bertz CT molecular complexity index is 586. The first-order valence-corrected chi connectivity index (χ1v) is 6.92. The van der Waals surface area contributed by atoms with E-state index in [0.29, 0.717) is 0 Å². The molecule has 0 saturated heterocycles. The van der Waals surface area contributed by atoms with Crippen molar-refractivity contribution in [3.63, 3.8) is 0 Å². The molecule has 0 radical (unpaired) electrons. The maximum Gasteiger partial charge on any atom is 0.118 e. The van der Waals surface area contributed by atoms with Gasteiger partial charge in [0, 0.05) is 5.56 Å². The van der Waals surface area contributed by atoms with Crippen molar-refractivity contribution in [3.05, 3.63) is 65.2 Å². The van der Waals surface area contributed by atoms with Crippen LogP contribution in [0.1, 0.15) is 30.5 Å². The smallest absolute Gasteiger partial charge is 0.118 e. The maximum atomic E-state index is 8.62. The van der Waals surface area contributed by atoms with Gasteiger partial charge in [-0.1, -0.05) is 67.6 Å². The second-order valence-electron chi connectivity index (χ2n) is 3.98. The Morgan fingerprint density at radius 1 is 0.905 bits per heavy atom. The van der Waals surface area contributed by atoms with Crippen LogP contribution in [0.2, 0.25) is 0 Å². The number of oxime groups is 1. The molecule has 21 heavy (non-hydrogen) atoms. The molecule has 0 aliphatic carbocycles. The van der Waals surface area contributed by atoms with Crippen molar-refractivity contribution in [3.8, 4) is 5.75 Å². The lowest BCUT2D eigenvalue weighted by Gasteiger charge is -2.01. The fourth-order valence-electron chi connectivity index (χ4n) is 1.74. The summed E-state index contributed by atoms with van der Waals surface area (Å²) in [5, 5.41) is 11.7. The molecule has 0 saturated carbocycles. The monoisotopic (exact) mass is 283 g/mol. The first-order chi connectivity index (χ1) is 10.3. The average molecular weight is 283 g/mol. The van der Waals surface area contributed by atoms with Crippen molar-refractivity contribution < 1.29 is 9.94 Å². The summed E-state index contributed by atoms with van der Waals surface area (Å²) < 4.78 is 5.11. The molecular formula is C18H21NO2. The van der Waals surface area contributed by atoms with E-state index in [2.05, 4.69) is 5.16 Å². The van der Waals surface area contributed by atoms with Crippen LogP contribution in [-0.4, -0.2) is 18.5 Å². The molecule has 0 aliphatic heterocycles. The molecule has 110 valence electrons. The van der Waals surface area contributed by atoms with Crippen molar-refractivity contribution in [1.29, 1.82) is 0 Å². The second kappa shape index (κ2) is 9.37. The lowest BCUT2D eigenvalue weighted by Crippen LogP contribution is -1.86. The highest BCUT2D eigenvalue weighted by molar-refractivity contribution is 5.87. The van der Waals surface area contributed by atoms with Gasteiger partial charge < -0.3 is 9.94 Å². The van der Waals surface area contributed by atoms with Crippen LogP contribution >= 0.6 is 0 Å². The van der Waals surface area contributed by atoms with E-state index in [0.717, 1.165) is 22.4 Å². The van der Waals surface area contributed by atoms with E-state index in [1.807, 2.05) is 74.5 Å².